The van der Waals surface area contributed by atoms with E-state index >= 15 is 0 Å². The van der Waals surface area contributed by atoms with Crippen LogP contribution in [0.4, 0.5) is 0 Å². The van der Waals surface area contributed by atoms with E-state index in [4.69, 9.17) is 0 Å². The summed E-state index contributed by atoms with van der Waals surface area (Å²) < 4.78 is 1.71. The van der Waals surface area contributed by atoms with E-state index in [0.717, 1.165) is 29.6 Å². The molecular weight excluding hydrogens is 1060 g/mol. The van der Waals surface area contributed by atoms with Gasteiger partial charge < -0.3 is 0 Å². The van der Waals surface area contributed by atoms with Crippen LogP contribution in [-0.4, -0.2) is 10.2 Å². The molecule has 186 valence electrons. The molecule has 1 rings (SSSR count). The molecule has 5 atom stereocenters. The van der Waals surface area contributed by atoms with E-state index in [2.05, 4.69) is 177 Å². The van der Waals surface area contributed by atoms with E-state index in [-0.39, 0.29) is 1.43 Å². The van der Waals surface area contributed by atoms with Gasteiger partial charge in [0.15, 0.2) is 0 Å². The van der Waals surface area contributed by atoms with Gasteiger partial charge in [-0.2, -0.15) is 0 Å². The molecule has 1 fully saturated rings. The van der Waals surface area contributed by atoms with Crippen LogP contribution in [0.25, 0.3) is 0 Å². The minimum absolute atomic E-state index is 0.273. The Hall–Kier alpha value is 4.38. The lowest BCUT2D eigenvalue weighted by molar-refractivity contribution is 0.256. The molecule has 1 saturated carbocycles. The summed E-state index contributed by atoms with van der Waals surface area (Å²) in [5.74, 6) is 4.31. The predicted molar refractivity (Wildman–Crippen MR) is 194 cm³/mol. The Balaban J connectivity index is 2.82. The summed E-state index contributed by atoms with van der Waals surface area (Å²) >= 11 is 16.6. The molecule has 0 saturated heterocycles. The minimum atomic E-state index is 0.273. The topological polar surface area (TPSA) is 0 Å². The zero-order valence-electron chi connectivity index (χ0n) is 20.3. The Morgan fingerprint density at radius 2 is 1.32 bits per heavy atom. The highest BCUT2D eigenvalue weighted by molar-refractivity contribution is 14.2. The summed E-state index contributed by atoms with van der Waals surface area (Å²) in [5, 5.41) is 0. The number of halogens is 6. The molecule has 0 nitrogen and oxygen atoms in total. The number of hydrogen-bond acceptors (Lipinski definition) is 0. The van der Waals surface area contributed by atoms with Crippen molar-refractivity contribution < 1.29 is 0 Å². The summed E-state index contributed by atoms with van der Waals surface area (Å²) in [6, 6.07) is 0. The van der Waals surface area contributed by atoms with Crippen LogP contribution in [0.3, 0.4) is 0 Å². The van der Waals surface area contributed by atoms with Gasteiger partial charge in [-0.05, 0) is 68.6 Å². The third-order valence-corrected chi connectivity index (χ3v) is 18.7. The van der Waals surface area contributed by atoms with Crippen LogP contribution in [0.1, 0.15) is 106 Å². The molecule has 0 heterocycles. The standard InChI is InChI=1S/C25H44I6/c1-7-22(26)25(31,23(6,27)28)15-19(5)18(4)14-24(29,30)16-21(13-12-17(2)3)20-10-8-9-11-20/h17-22H,7-16H2,1-6H3. The van der Waals surface area contributed by atoms with Gasteiger partial charge in [0.1, 0.15) is 0 Å². The van der Waals surface area contributed by atoms with Crippen LogP contribution in [0, 0.1) is 29.6 Å². The molecule has 5 unspecified atom stereocenters. The fraction of sp³-hybridized carbons (Fsp3) is 1.00. The molecule has 1 aliphatic rings. The first-order chi connectivity index (χ1) is 14.1. The van der Waals surface area contributed by atoms with E-state index < -0.39 is 0 Å². The van der Waals surface area contributed by atoms with Gasteiger partial charge in [0.25, 0.3) is 0 Å². The number of rotatable bonds is 14. The molecule has 0 radical (unpaired) electrons. The van der Waals surface area contributed by atoms with Gasteiger partial charge in [-0.3, -0.25) is 0 Å². The van der Waals surface area contributed by atoms with Crippen molar-refractivity contribution in [1.82, 2.24) is 0 Å². The maximum absolute atomic E-state index is 2.84. The average molecular weight is 1110 g/mol. The van der Waals surface area contributed by atoms with Crippen molar-refractivity contribution >= 4 is 136 Å². The van der Waals surface area contributed by atoms with Gasteiger partial charge in [-0.25, -0.2) is 0 Å². The maximum Gasteiger partial charge on any atom is 0.0861 e. The first-order valence-electron chi connectivity index (χ1n) is 12.2. The lowest BCUT2D eigenvalue weighted by atomic mass is 9.78. The van der Waals surface area contributed by atoms with E-state index in [1.165, 1.54) is 64.2 Å². The summed E-state index contributed by atoms with van der Waals surface area (Å²) in [6.45, 7) is 14.7. The van der Waals surface area contributed by atoms with Gasteiger partial charge in [0, 0.05) is 3.92 Å². The van der Waals surface area contributed by atoms with E-state index in [0.29, 0.717) is 8.77 Å². The summed E-state index contributed by atoms with van der Waals surface area (Å²) in [5.41, 5.74) is 0. The van der Waals surface area contributed by atoms with Crippen molar-refractivity contribution in [3.05, 3.63) is 0 Å². The molecule has 0 N–H and O–H groups in total. The third kappa shape index (κ3) is 11.3. The Morgan fingerprint density at radius 1 is 0.806 bits per heavy atom. The van der Waals surface area contributed by atoms with Gasteiger partial charge in [-0.15, -0.1) is 0 Å². The highest BCUT2D eigenvalue weighted by atomic mass is 127. The molecule has 31 heavy (non-hydrogen) atoms. The molecule has 0 aliphatic heterocycles. The highest BCUT2D eigenvalue weighted by Gasteiger charge is 2.48. The third-order valence-electron chi connectivity index (χ3n) is 7.54. The van der Waals surface area contributed by atoms with Crippen LogP contribution in [0.2, 0.25) is 0 Å². The van der Waals surface area contributed by atoms with Crippen LogP contribution in [0.5, 0.6) is 0 Å². The molecule has 0 aromatic rings. The molecule has 0 aromatic carbocycles. The summed E-state index contributed by atoms with van der Waals surface area (Å²) in [4.78, 5) is 0. The number of hydrogen-bond donors (Lipinski definition) is 0. The maximum atomic E-state index is 2.84. The second-order valence-electron chi connectivity index (χ2n) is 10.8. The number of alkyl halides is 6. The SMILES string of the molecule is CCC(I)C(I)(CC(C)C(C)CC(I)(I)CC(CCC(C)C)C1CCCC1)C(C)(I)I. The molecule has 6 heteroatoms. The van der Waals surface area contributed by atoms with E-state index in [1.54, 1.807) is 0 Å². The van der Waals surface area contributed by atoms with Crippen LogP contribution < -0.4 is 0 Å². The van der Waals surface area contributed by atoms with Gasteiger partial charge in [0.2, 0.25) is 0 Å². The zero-order chi connectivity index (χ0) is 24.0. The van der Waals surface area contributed by atoms with E-state index in [9.17, 15) is 0 Å². The fourth-order valence-corrected chi connectivity index (χ4v) is 12.1. The zero-order valence-corrected chi connectivity index (χ0v) is 33.2. The van der Waals surface area contributed by atoms with Crippen LogP contribution >= 0.6 is 136 Å². The molecule has 0 spiro atoms. The van der Waals surface area contributed by atoms with Crippen molar-refractivity contribution in [1.29, 1.82) is 0 Å². The van der Waals surface area contributed by atoms with Gasteiger partial charge in [0.05, 0.1) is 6.28 Å². The predicted octanol–water partition coefficient (Wildman–Crippen LogP) is 12.2. The smallest absolute Gasteiger partial charge is 0.0811 e. The normalized spacial score (nSPS) is 22.4. The lowest BCUT2D eigenvalue weighted by Crippen LogP contribution is -2.47. The Labute approximate surface area is 276 Å². The molecular formula is C25H44I6. The Morgan fingerprint density at radius 3 is 1.77 bits per heavy atom. The molecule has 0 amide bonds. The van der Waals surface area contributed by atoms with Gasteiger partial charge in [-0.1, -0.05) is 202 Å². The van der Waals surface area contributed by atoms with Crippen molar-refractivity contribution in [2.75, 3.05) is 0 Å². The monoisotopic (exact) mass is 1110 g/mol. The van der Waals surface area contributed by atoms with Crippen molar-refractivity contribution in [3.63, 3.8) is 0 Å². The van der Waals surface area contributed by atoms with Crippen molar-refractivity contribution in [2.24, 2.45) is 29.6 Å². The highest BCUT2D eigenvalue weighted by Crippen LogP contribution is 2.55. The fourth-order valence-electron chi connectivity index (χ4n) is 5.20. The van der Waals surface area contributed by atoms with Crippen molar-refractivity contribution in [3.8, 4) is 0 Å². The first kappa shape index (κ1) is 33.4. The Bertz CT molecular complexity index is 509. The van der Waals surface area contributed by atoms with Crippen molar-refractivity contribution in [2.45, 2.75) is 116 Å². The second kappa shape index (κ2) is 15.1. The van der Waals surface area contributed by atoms with Gasteiger partial charge >= 0.3 is 0 Å². The molecule has 0 bridgehead atoms. The molecule has 0 aromatic heterocycles. The first-order valence-corrected chi connectivity index (χ1v) is 18.9. The molecule has 1 aliphatic carbocycles. The summed E-state index contributed by atoms with van der Waals surface area (Å²) in [7, 11) is 0. The van der Waals surface area contributed by atoms with E-state index in [1.807, 2.05) is 0 Å². The largest absolute Gasteiger partial charge is 0.0861 e. The second-order valence-corrected chi connectivity index (χ2v) is 26.8. The average Bonchev–Trinajstić information content (AvgIpc) is 3.17. The van der Waals surface area contributed by atoms with Crippen LogP contribution in [-0.2, 0) is 0 Å². The summed E-state index contributed by atoms with van der Waals surface area (Å²) in [6.07, 6.45) is 14.1. The minimum Gasteiger partial charge on any atom is -0.0811 e. The lowest BCUT2D eigenvalue weighted by Gasteiger charge is -2.44. The van der Waals surface area contributed by atoms with Crippen LogP contribution in [0.15, 0.2) is 0 Å². The Kier molecular flexibility index (Phi) is 16.3. The quantitative estimate of drug-likeness (QED) is 0.120.